The molecule has 0 atom stereocenters. The summed E-state index contributed by atoms with van der Waals surface area (Å²) in [4.78, 5) is 11.5. The molecule has 0 rings (SSSR count). The SMILES string of the molecule is C[SiH](C)CC(CCC[Si]CCCNC(=O)C(F)(F)OCCCF)(C[SiH](C)C)C[SiH](C)C. The van der Waals surface area contributed by atoms with Crippen molar-refractivity contribution in [2.24, 2.45) is 5.41 Å². The average Bonchev–Trinajstić information content (AvgIpc) is 2.61. The molecule has 184 valence electrons. The van der Waals surface area contributed by atoms with Crippen LogP contribution in [-0.2, 0) is 9.53 Å². The lowest BCUT2D eigenvalue weighted by atomic mass is 9.89. The fourth-order valence-corrected chi connectivity index (χ4v) is 13.6. The molecule has 0 aromatic heterocycles. The van der Waals surface area contributed by atoms with Gasteiger partial charge in [-0.05, 0) is 24.7 Å². The molecule has 0 aliphatic carbocycles. The summed E-state index contributed by atoms with van der Waals surface area (Å²) in [5.74, 6) is -1.42. The molecule has 1 N–H and O–H groups in total. The number of hydrogen-bond acceptors (Lipinski definition) is 2. The van der Waals surface area contributed by atoms with Gasteiger partial charge < -0.3 is 10.1 Å². The van der Waals surface area contributed by atoms with Gasteiger partial charge in [0.2, 0.25) is 0 Å². The lowest BCUT2D eigenvalue weighted by Crippen LogP contribution is -2.42. The molecule has 3 nitrogen and oxygen atoms in total. The monoisotopic (exact) mass is 513 g/mol. The van der Waals surface area contributed by atoms with Crippen LogP contribution in [0.2, 0.25) is 69.5 Å². The molecule has 0 aliphatic rings. The molecule has 0 saturated heterocycles. The first-order chi connectivity index (χ1) is 14.4. The highest BCUT2D eigenvalue weighted by Crippen LogP contribution is 2.42. The first-order valence-corrected chi connectivity index (χ1v) is 22.8. The lowest BCUT2D eigenvalue weighted by Gasteiger charge is -2.38. The standard InChI is InChI=1S/C21H46F3NO2Si4/c1-29(2)16-20(17-30(3)4,18-31(5)6)10-7-14-28-15-9-12-25-19(26)21(23,24)27-13-8-11-22/h29-31H,7-18H2,1-6H3,(H,25,26). The first-order valence-electron chi connectivity index (χ1n) is 12.0. The maximum absolute atomic E-state index is 13.5. The zero-order valence-corrected chi connectivity index (χ0v) is 25.1. The summed E-state index contributed by atoms with van der Waals surface area (Å²) < 4.78 is 43.0. The van der Waals surface area contributed by atoms with Gasteiger partial charge in [-0.2, -0.15) is 8.78 Å². The van der Waals surface area contributed by atoms with Crippen LogP contribution in [0.4, 0.5) is 13.2 Å². The van der Waals surface area contributed by atoms with Crippen molar-refractivity contribution in [3.8, 4) is 0 Å². The number of alkyl halides is 3. The average molecular weight is 514 g/mol. The zero-order valence-electron chi connectivity index (χ0n) is 20.7. The van der Waals surface area contributed by atoms with Crippen LogP contribution in [0.25, 0.3) is 0 Å². The number of nitrogens with one attached hydrogen (secondary N) is 1. The third kappa shape index (κ3) is 15.5. The minimum atomic E-state index is -3.88. The van der Waals surface area contributed by atoms with Crippen LogP contribution in [0.15, 0.2) is 0 Å². The maximum atomic E-state index is 13.5. The molecular formula is C21H46F3NO2Si4. The summed E-state index contributed by atoms with van der Waals surface area (Å²) in [6.45, 7) is 14.0. The molecule has 0 unspecified atom stereocenters. The third-order valence-electron chi connectivity index (χ3n) is 5.23. The highest BCUT2D eigenvalue weighted by molar-refractivity contribution is 6.59. The summed E-state index contributed by atoms with van der Waals surface area (Å²) >= 11 is 0. The van der Waals surface area contributed by atoms with Gasteiger partial charge in [-0.1, -0.05) is 75.9 Å². The van der Waals surface area contributed by atoms with Crippen molar-refractivity contribution in [3.63, 3.8) is 0 Å². The topological polar surface area (TPSA) is 38.3 Å². The van der Waals surface area contributed by atoms with Gasteiger partial charge in [-0.3, -0.25) is 9.18 Å². The maximum Gasteiger partial charge on any atom is 0.436 e. The van der Waals surface area contributed by atoms with Gasteiger partial charge in [-0.25, -0.2) is 0 Å². The fraction of sp³-hybridized carbons (Fsp3) is 0.952. The number of amides is 1. The molecule has 0 fully saturated rings. The van der Waals surface area contributed by atoms with Crippen molar-refractivity contribution in [3.05, 3.63) is 0 Å². The molecule has 10 heteroatoms. The van der Waals surface area contributed by atoms with Crippen LogP contribution in [0.1, 0.15) is 25.7 Å². The molecule has 0 bridgehead atoms. The van der Waals surface area contributed by atoms with Crippen LogP contribution in [0, 0.1) is 5.41 Å². The fourth-order valence-electron chi connectivity index (χ4n) is 4.71. The van der Waals surface area contributed by atoms with E-state index >= 15 is 0 Å². The second-order valence-electron chi connectivity index (χ2n) is 10.2. The number of carbonyl (C=O) groups excluding carboxylic acids is 1. The van der Waals surface area contributed by atoms with Gasteiger partial charge in [0.1, 0.15) is 0 Å². The molecule has 0 aromatic rings. The minimum absolute atomic E-state index is 0.136. The lowest BCUT2D eigenvalue weighted by molar-refractivity contribution is -0.231. The molecule has 0 aromatic carbocycles. The number of halogens is 3. The van der Waals surface area contributed by atoms with Crippen molar-refractivity contribution >= 4 is 41.8 Å². The van der Waals surface area contributed by atoms with E-state index in [9.17, 15) is 18.0 Å². The Labute approximate surface area is 196 Å². The van der Waals surface area contributed by atoms with E-state index < -0.39 is 51.7 Å². The van der Waals surface area contributed by atoms with Crippen LogP contribution in [0.3, 0.4) is 0 Å². The Kier molecular flexibility index (Phi) is 16.7. The van der Waals surface area contributed by atoms with Crippen molar-refractivity contribution < 1.29 is 22.7 Å². The Morgan fingerprint density at radius 3 is 1.90 bits per heavy atom. The van der Waals surface area contributed by atoms with Crippen LogP contribution in [-0.4, -0.2) is 67.8 Å². The number of rotatable bonds is 19. The predicted octanol–water partition coefficient (Wildman–Crippen LogP) is 5.23. The van der Waals surface area contributed by atoms with Gasteiger partial charge in [0.05, 0.1) is 13.3 Å². The Bertz CT molecular complexity index is 457. The van der Waals surface area contributed by atoms with Crippen LogP contribution in [0.5, 0.6) is 0 Å². The normalized spacial score (nSPS) is 12.9. The van der Waals surface area contributed by atoms with Crippen molar-refractivity contribution in [2.75, 3.05) is 19.8 Å². The molecule has 0 spiro atoms. The van der Waals surface area contributed by atoms with Crippen molar-refractivity contribution in [2.45, 2.75) is 101 Å². The predicted molar refractivity (Wildman–Crippen MR) is 137 cm³/mol. The number of carbonyl (C=O) groups is 1. The summed E-state index contributed by atoms with van der Waals surface area (Å²) in [6, 6.07) is 6.62. The van der Waals surface area contributed by atoms with E-state index in [0.717, 1.165) is 15.6 Å². The largest absolute Gasteiger partial charge is 0.436 e. The summed E-state index contributed by atoms with van der Waals surface area (Å²) in [5.41, 5.74) is 0.605. The smallest absolute Gasteiger partial charge is 0.349 e. The molecule has 1 amide bonds. The van der Waals surface area contributed by atoms with Crippen molar-refractivity contribution in [1.29, 1.82) is 0 Å². The quantitative estimate of drug-likeness (QED) is 0.190. The molecule has 0 saturated carbocycles. The summed E-state index contributed by atoms with van der Waals surface area (Å²) in [7, 11) is -0.996. The number of hydrogen-bond donors (Lipinski definition) is 1. The van der Waals surface area contributed by atoms with Crippen LogP contribution >= 0.6 is 0 Å². The highest BCUT2D eigenvalue weighted by Gasteiger charge is 2.39. The number of ether oxygens (including phenoxy) is 1. The Morgan fingerprint density at radius 2 is 1.42 bits per heavy atom. The van der Waals surface area contributed by atoms with E-state index in [1.54, 1.807) is 0 Å². The zero-order chi connectivity index (χ0) is 23.9. The van der Waals surface area contributed by atoms with Crippen LogP contribution < -0.4 is 5.32 Å². The van der Waals surface area contributed by atoms with Gasteiger partial charge in [0.25, 0.3) is 0 Å². The van der Waals surface area contributed by atoms with Gasteiger partial charge in [-0.15, -0.1) is 0 Å². The summed E-state index contributed by atoms with van der Waals surface area (Å²) in [6.07, 6.45) is -0.675. The van der Waals surface area contributed by atoms with Gasteiger partial charge in [0, 0.05) is 42.5 Å². The Morgan fingerprint density at radius 1 is 0.903 bits per heavy atom. The van der Waals surface area contributed by atoms with E-state index in [4.69, 9.17) is 0 Å². The summed E-state index contributed by atoms with van der Waals surface area (Å²) in [5, 5.41) is 2.24. The van der Waals surface area contributed by atoms with E-state index in [1.807, 2.05) is 0 Å². The minimum Gasteiger partial charge on any atom is -0.349 e. The van der Waals surface area contributed by atoms with Crippen molar-refractivity contribution in [1.82, 2.24) is 5.32 Å². The Balaban J connectivity index is 4.24. The van der Waals surface area contributed by atoms with Gasteiger partial charge >= 0.3 is 12.0 Å². The molecule has 2 radical (unpaired) electrons. The molecule has 31 heavy (non-hydrogen) atoms. The van der Waals surface area contributed by atoms with E-state index in [-0.39, 0.29) is 13.0 Å². The van der Waals surface area contributed by atoms with Gasteiger partial charge in [0.15, 0.2) is 0 Å². The van der Waals surface area contributed by atoms with E-state index in [1.165, 1.54) is 37.0 Å². The van der Waals surface area contributed by atoms with E-state index in [2.05, 4.69) is 49.3 Å². The third-order valence-corrected chi connectivity index (χ3v) is 11.7. The first kappa shape index (κ1) is 31.1. The molecular weight excluding hydrogens is 468 g/mol. The second-order valence-corrected chi connectivity index (χ2v) is 21.3. The molecule has 0 heterocycles. The Hall–Kier alpha value is 0.0875. The second kappa shape index (κ2) is 16.7. The highest BCUT2D eigenvalue weighted by atomic mass is 28.3. The molecule has 0 aliphatic heterocycles. The van der Waals surface area contributed by atoms with E-state index in [0.29, 0.717) is 11.8 Å².